The number of aryl methyl sites for hydroxylation is 1. The molecule has 2 aromatic carbocycles. The second kappa shape index (κ2) is 6.51. The molecule has 0 spiro atoms. The van der Waals surface area contributed by atoms with E-state index in [0.717, 1.165) is 22.4 Å². The lowest BCUT2D eigenvalue weighted by Crippen LogP contribution is -2.28. The van der Waals surface area contributed by atoms with Gasteiger partial charge in [0.1, 0.15) is 0 Å². The number of hydrogen-bond acceptors (Lipinski definition) is 4. The molecule has 0 aliphatic carbocycles. The van der Waals surface area contributed by atoms with Crippen LogP contribution in [-0.4, -0.2) is 13.0 Å². The summed E-state index contributed by atoms with van der Waals surface area (Å²) in [5.74, 6) is 0. The Kier molecular flexibility index (Phi) is 4.58. The van der Waals surface area contributed by atoms with Gasteiger partial charge in [-0.3, -0.25) is 4.79 Å². The van der Waals surface area contributed by atoms with E-state index < -0.39 is 10.0 Å². The van der Waals surface area contributed by atoms with E-state index in [1.807, 2.05) is 37.3 Å². The minimum Gasteiger partial charge on any atom is -0.302 e. The number of hydrogen-bond donors (Lipinski definition) is 1. The zero-order chi connectivity index (χ0) is 17.3. The van der Waals surface area contributed by atoms with Crippen LogP contribution >= 0.6 is 11.3 Å². The van der Waals surface area contributed by atoms with Crippen LogP contribution in [0, 0.1) is 0 Å². The fraction of sp³-hybridized carbons (Fsp3) is 0.235. The third-order valence-corrected chi connectivity index (χ3v) is 6.45. The second-order valence-corrected chi connectivity index (χ2v) is 8.26. The molecule has 0 saturated carbocycles. The highest BCUT2D eigenvalue weighted by Crippen LogP contribution is 2.24. The van der Waals surface area contributed by atoms with Gasteiger partial charge < -0.3 is 4.57 Å². The van der Waals surface area contributed by atoms with Gasteiger partial charge in [-0.05, 0) is 30.2 Å². The molecule has 1 N–H and O–H groups in total. The SMILES string of the molecule is CC[C@@H](NS(=O)(=O)c1ccc2c(c1)sc(=O)n2C)c1ccccc1. The van der Waals surface area contributed by atoms with E-state index in [9.17, 15) is 13.2 Å². The normalized spacial score (nSPS) is 13.2. The molecule has 3 aromatic rings. The van der Waals surface area contributed by atoms with Gasteiger partial charge in [0, 0.05) is 13.1 Å². The Bertz CT molecular complexity index is 1020. The number of nitrogens with one attached hydrogen (secondary N) is 1. The van der Waals surface area contributed by atoms with E-state index in [1.165, 1.54) is 10.6 Å². The lowest BCUT2D eigenvalue weighted by atomic mass is 10.1. The first-order chi connectivity index (χ1) is 11.4. The molecule has 0 amide bonds. The third-order valence-electron chi connectivity index (χ3n) is 3.98. The predicted octanol–water partition coefficient (Wildman–Crippen LogP) is 3.03. The summed E-state index contributed by atoms with van der Waals surface area (Å²) in [7, 11) is -1.99. The number of aromatic nitrogens is 1. The Morgan fingerprint density at radius 3 is 2.54 bits per heavy atom. The zero-order valence-electron chi connectivity index (χ0n) is 13.4. The van der Waals surface area contributed by atoms with Crippen molar-refractivity contribution in [3.05, 3.63) is 63.8 Å². The Morgan fingerprint density at radius 1 is 1.17 bits per heavy atom. The molecule has 7 heteroatoms. The predicted molar refractivity (Wildman–Crippen MR) is 96.9 cm³/mol. The zero-order valence-corrected chi connectivity index (χ0v) is 15.0. The van der Waals surface area contributed by atoms with Crippen LogP contribution in [0.15, 0.2) is 58.2 Å². The lowest BCUT2D eigenvalue weighted by Gasteiger charge is -2.17. The molecule has 5 nitrogen and oxygen atoms in total. The summed E-state index contributed by atoms with van der Waals surface area (Å²) in [6.45, 7) is 1.94. The first kappa shape index (κ1) is 16.9. The molecular weight excluding hydrogens is 344 g/mol. The molecule has 0 saturated heterocycles. The largest absolute Gasteiger partial charge is 0.307 e. The number of nitrogens with zero attached hydrogens (tertiary/aromatic N) is 1. The minimum atomic E-state index is -3.67. The number of thiazole rings is 1. The summed E-state index contributed by atoms with van der Waals surface area (Å²) in [6, 6.07) is 14.0. The second-order valence-electron chi connectivity index (χ2n) is 5.55. The van der Waals surface area contributed by atoms with Crippen LogP contribution in [0.1, 0.15) is 24.9 Å². The van der Waals surface area contributed by atoms with Crippen molar-refractivity contribution in [3.63, 3.8) is 0 Å². The fourth-order valence-electron chi connectivity index (χ4n) is 2.61. The van der Waals surface area contributed by atoms with Gasteiger partial charge >= 0.3 is 4.87 Å². The van der Waals surface area contributed by atoms with E-state index >= 15 is 0 Å². The number of rotatable bonds is 5. The summed E-state index contributed by atoms with van der Waals surface area (Å²) in [5.41, 5.74) is 1.66. The lowest BCUT2D eigenvalue weighted by molar-refractivity contribution is 0.550. The Labute approximate surface area is 144 Å². The standard InChI is InChI=1S/C17H18N2O3S2/c1-3-14(12-7-5-4-6-8-12)18-24(21,22)13-9-10-15-16(11-13)23-17(20)19(15)2/h4-11,14,18H,3H2,1-2H3/t14-/m1/s1. The van der Waals surface area contributed by atoms with Crippen molar-refractivity contribution in [2.24, 2.45) is 7.05 Å². The Hall–Kier alpha value is -1.96. The van der Waals surface area contributed by atoms with Crippen molar-refractivity contribution in [1.82, 2.24) is 9.29 Å². The molecular formula is C17H18N2O3S2. The van der Waals surface area contributed by atoms with Gasteiger partial charge in [-0.15, -0.1) is 0 Å². The molecule has 1 atom stereocenters. The topological polar surface area (TPSA) is 68.2 Å². The van der Waals surface area contributed by atoms with Crippen LogP contribution in [0.4, 0.5) is 0 Å². The van der Waals surface area contributed by atoms with Crippen LogP contribution < -0.4 is 9.60 Å². The third kappa shape index (κ3) is 3.15. The highest BCUT2D eigenvalue weighted by Gasteiger charge is 2.21. The van der Waals surface area contributed by atoms with Crippen molar-refractivity contribution in [1.29, 1.82) is 0 Å². The molecule has 3 rings (SSSR count). The summed E-state index contributed by atoms with van der Waals surface area (Å²) < 4.78 is 30.4. The van der Waals surface area contributed by atoms with Crippen LogP contribution in [-0.2, 0) is 17.1 Å². The van der Waals surface area contributed by atoms with Crippen LogP contribution in [0.3, 0.4) is 0 Å². The monoisotopic (exact) mass is 362 g/mol. The number of benzene rings is 2. The maximum absolute atomic E-state index is 12.7. The molecule has 0 bridgehead atoms. The van der Waals surface area contributed by atoms with Crippen molar-refractivity contribution in [2.75, 3.05) is 0 Å². The maximum atomic E-state index is 12.7. The first-order valence-corrected chi connectivity index (χ1v) is 9.89. The smallest absolute Gasteiger partial charge is 0.302 e. The van der Waals surface area contributed by atoms with E-state index in [2.05, 4.69) is 4.72 Å². The molecule has 1 heterocycles. The van der Waals surface area contributed by atoms with Crippen molar-refractivity contribution >= 4 is 31.6 Å². The summed E-state index contributed by atoms with van der Waals surface area (Å²) >= 11 is 1.05. The molecule has 24 heavy (non-hydrogen) atoms. The van der Waals surface area contributed by atoms with Crippen LogP contribution in [0.25, 0.3) is 10.2 Å². The van der Waals surface area contributed by atoms with Gasteiger partial charge in [0.2, 0.25) is 10.0 Å². The van der Waals surface area contributed by atoms with E-state index in [1.54, 1.807) is 19.2 Å². The van der Waals surface area contributed by atoms with Crippen molar-refractivity contribution in [2.45, 2.75) is 24.3 Å². The molecule has 0 unspecified atom stereocenters. The van der Waals surface area contributed by atoms with E-state index in [0.29, 0.717) is 11.1 Å². The van der Waals surface area contributed by atoms with Gasteiger partial charge in [-0.25, -0.2) is 13.1 Å². The number of fused-ring (bicyclic) bond motifs is 1. The van der Waals surface area contributed by atoms with Crippen LogP contribution in [0.2, 0.25) is 0 Å². The molecule has 1 aromatic heterocycles. The summed E-state index contributed by atoms with van der Waals surface area (Å²) in [4.78, 5) is 11.8. The summed E-state index contributed by atoms with van der Waals surface area (Å²) in [5, 5.41) is 0. The first-order valence-electron chi connectivity index (χ1n) is 7.59. The summed E-state index contributed by atoms with van der Waals surface area (Å²) in [6.07, 6.45) is 0.643. The van der Waals surface area contributed by atoms with E-state index in [-0.39, 0.29) is 15.8 Å². The molecule has 0 aliphatic heterocycles. The van der Waals surface area contributed by atoms with Gasteiger partial charge in [-0.1, -0.05) is 48.6 Å². The Morgan fingerprint density at radius 2 is 1.88 bits per heavy atom. The van der Waals surface area contributed by atoms with Gasteiger partial charge in [0.15, 0.2) is 0 Å². The number of sulfonamides is 1. The van der Waals surface area contributed by atoms with Crippen LogP contribution in [0.5, 0.6) is 0 Å². The highest BCUT2D eigenvalue weighted by atomic mass is 32.2. The van der Waals surface area contributed by atoms with Gasteiger partial charge in [-0.2, -0.15) is 0 Å². The van der Waals surface area contributed by atoms with E-state index in [4.69, 9.17) is 0 Å². The average molecular weight is 362 g/mol. The van der Waals surface area contributed by atoms with Gasteiger partial charge in [0.05, 0.1) is 15.1 Å². The quantitative estimate of drug-likeness (QED) is 0.758. The maximum Gasteiger partial charge on any atom is 0.307 e. The molecule has 0 aliphatic rings. The molecule has 0 radical (unpaired) electrons. The average Bonchev–Trinajstić information content (AvgIpc) is 2.87. The van der Waals surface area contributed by atoms with Crippen molar-refractivity contribution in [3.8, 4) is 0 Å². The Balaban J connectivity index is 1.96. The molecule has 0 fully saturated rings. The van der Waals surface area contributed by atoms with Crippen molar-refractivity contribution < 1.29 is 8.42 Å². The molecule has 126 valence electrons. The minimum absolute atomic E-state index is 0.108. The van der Waals surface area contributed by atoms with Gasteiger partial charge in [0.25, 0.3) is 0 Å². The fourth-order valence-corrected chi connectivity index (χ4v) is 4.94. The highest BCUT2D eigenvalue weighted by molar-refractivity contribution is 7.89.